The highest BCUT2D eigenvalue weighted by Crippen LogP contribution is 2.36. The summed E-state index contributed by atoms with van der Waals surface area (Å²) in [6.07, 6.45) is 0. The molecule has 0 bridgehead atoms. The van der Waals surface area contributed by atoms with E-state index >= 15 is 0 Å². The van der Waals surface area contributed by atoms with E-state index in [0.717, 1.165) is 16.7 Å². The van der Waals surface area contributed by atoms with Gasteiger partial charge in [-0.05, 0) is 35.7 Å². The second-order valence-electron chi connectivity index (χ2n) is 6.24. The number of benzene rings is 3. The van der Waals surface area contributed by atoms with Crippen LogP contribution in [0.3, 0.4) is 0 Å². The van der Waals surface area contributed by atoms with Crippen LogP contribution in [0.25, 0.3) is 11.1 Å². The van der Waals surface area contributed by atoms with Gasteiger partial charge in [-0.1, -0.05) is 60.7 Å². The number of rotatable bonds is 3. The van der Waals surface area contributed by atoms with E-state index in [9.17, 15) is 9.59 Å². The van der Waals surface area contributed by atoms with Crippen molar-refractivity contribution < 1.29 is 9.59 Å². The zero-order valence-electron chi connectivity index (χ0n) is 13.8. The Morgan fingerprint density at radius 3 is 2.20 bits per heavy atom. The summed E-state index contributed by atoms with van der Waals surface area (Å²) in [5.74, 6) is -0.195. The van der Waals surface area contributed by atoms with Crippen molar-refractivity contribution in [2.24, 2.45) is 0 Å². The largest absolute Gasteiger partial charge is 0.346 e. The molecule has 3 heteroatoms. The molecule has 0 heterocycles. The molecule has 0 saturated heterocycles. The first-order chi connectivity index (χ1) is 12.1. The number of carbonyl (C=O) groups is 2. The van der Waals surface area contributed by atoms with E-state index < -0.39 is 0 Å². The predicted octanol–water partition coefficient (Wildman–Crippen LogP) is 4.39. The molecule has 0 radical (unpaired) electrons. The fourth-order valence-corrected chi connectivity index (χ4v) is 3.27. The Labute approximate surface area is 146 Å². The first kappa shape index (κ1) is 15.3. The Kier molecular flexibility index (Phi) is 3.69. The van der Waals surface area contributed by atoms with Gasteiger partial charge >= 0.3 is 0 Å². The number of nitrogens with one attached hydrogen (secondary N) is 1. The minimum Gasteiger partial charge on any atom is -0.346 e. The number of amides is 1. The second kappa shape index (κ2) is 6.02. The van der Waals surface area contributed by atoms with Crippen molar-refractivity contribution in [2.75, 3.05) is 0 Å². The molecule has 122 valence electrons. The maximum Gasteiger partial charge on any atom is 0.251 e. The van der Waals surface area contributed by atoms with Crippen molar-refractivity contribution in [3.8, 4) is 11.1 Å². The maximum absolute atomic E-state index is 12.6. The third kappa shape index (κ3) is 2.64. The molecule has 1 aliphatic carbocycles. The molecule has 1 atom stereocenters. The van der Waals surface area contributed by atoms with Gasteiger partial charge in [-0.3, -0.25) is 9.59 Å². The van der Waals surface area contributed by atoms with Gasteiger partial charge in [0.05, 0.1) is 6.04 Å². The van der Waals surface area contributed by atoms with E-state index in [1.165, 1.54) is 0 Å². The van der Waals surface area contributed by atoms with Crippen LogP contribution in [0.4, 0.5) is 0 Å². The quantitative estimate of drug-likeness (QED) is 0.606. The zero-order valence-corrected chi connectivity index (χ0v) is 13.8. The Morgan fingerprint density at radius 1 is 0.800 bits per heavy atom. The average molecular weight is 327 g/mol. The number of hydrogen-bond donors (Lipinski definition) is 1. The van der Waals surface area contributed by atoms with E-state index in [1.54, 1.807) is 12.1 Å². The number of hydrogen-bond acceptors (Lipinski definition) is 2. The second-order valence-corrected chi connectivity index (χ2v) is 6.24. The Morgan fingerprint density at radius 2 is 1.44 bits per heavy atom. The van der Waals surface area contributed by atoms with E-state index in [-0.39, 0.29) is 17.7 Å². The lowest BCUT2D eigenvalue weighted by Crippen LogP contribution is -2.26. The molecule has 1 N–H and O–H groups in total. The van der Waals surface area contributed by atoms with Gasteiger partial charge in [0.15, 0.2) is 5.78 Å². The van der Waals surface area contributed by atoms with E-state index in [4.69, 9.17) is 0 Å². The van der Waals surface area contributed by atoms with E-state index in [1.807, 2.05) is 67.6 Å². The lowest BCUT2D eigenvalue weighted by Gasteiger charge is -2.14. The first-order valence-corrected chi connectivity index (χ1v) is 8.29. The summed E-state index contributed by atoms with van der Waals surface area (Å²) in [5.41, 5.74) is 4.68. The minimum atomic E-state index is -0.178. The smallest absolute Gasteiger partial charge is 0.251 e. The van der Waals surface area contributed by atoms with E-state index in [0.29, 0.717) is 16.7 Å². The normalized spacial score (nSPS) is 13.1. The first-order valence-electron chi connectivity index (χ1n) is 8.29. The van der Waals surface area contributed by atoms with Crippen molar-refractivity contribution in [2.45, 2.75) is 13.0 Å². The van der Waals surface area contributed by atoms with Crippen LogP contribution in [0.5, 0.6) is 0 Å². The van der Waals surface area contributed by atoms with Gasteiger partial charge in [0.25, 0.3) is 5.91 Å². The Hall–Kier alpha value is -3.20. The van der Waals surface area contributed by atoms with Gasteiger partial charge in [-0.2, -0.15) is 0 Å². The Bertz CT molecular complexity index is 976. The highest BCUT2D eigenvalue weighted by atomic mass is 16.1. The summed E-state index contributed by atoms with van der Waals surface area (Å²) < 4.78 is 0. The average Bonchev–Trinajstić information content (AvgIpc) is 2.95. The minimum absolute atomic E-state index is 0.0173. The van der Waals surface area contributed by atoms with Crippen molar-refractivity contribution in [1.29, 1.82) is 0 Å². The van der Waals surface area contributed by atoms with Crippen LogP contribution < -0.4 is 5.32 Å². The zero-order chi connectivity index (χ0) is 17.4. The molecule has 3 aromatic rings. The lowest BCUT2D eigenvalue weighted by molar-refractivity contribution is 0.0940. The van der Waals surface area contributed by atoms with Crippen LogP contribution in [-0.2, 0) is 0 Å². The number of fused-ring (bicyclic) bond motifs is 3. The molecule has 1 amide bonds. The standard InChI is InChI=1S/C22H17NO2/c1-14(15-7-3-2-4-8-15)23-22(25)16-11-12-18-17-9-5-6-10-19(17)21(24)20(18)13-16/h2-14H,1H3,(H,23,25). The fourth-order valence-electron chi connectivity index (χ4n) is 3.27. The number of carbonyl (C=O) groups excluding carboxylic acids is 2. The van der Waals surface area contributed by atoms with Crippen molar-refractivity contribution in [3.63, 3.8) is 0 Å². The van der Waals surface area contributed by atoms with Crippen LogP contribution in [-0.4, -0.2) is 11.7 Å². The van der Waals surface area contributed by atoms with Crippen LogP contribution >= 0.6 is 0 Å². The van der Waals surface area contributed by atoms with Gasteiger partial charge < -0.3 is 5.32 Å². The molecule has 1 unspecified atom stereocenters. The van der Waals surface area contributed by atoms with Gasteiger partial charge in [-0.25, -0.2) is 0 Å². The van der Waals surface area contributed by atoms with Gasteiger partial charge in [0.1, 0.15) is 0 Å². The molecule has 3 nitrogen and oxygen atoms in total. The van der Waals surface area contributed by atoms with Crippen LogP contribution in [0.2, 0.25) is 0 Å². The maximum atomic E-state index is 12.6. The van der Waals surface area contributed by atoms with Crippen molar-refractivity contribution >= 4 is 11.7 Å². The molecule has 3 aromatic carbocycles. The van der Waals surface area contributed by atoms with Crippen molar-refractivity contribution in [1.82, 2.24) is 5.32 Å². The van der Waals surface area contributed by atoms with Gasteiger partial charge in [-0.15, -0.1) is 0 Å². The fraction of sp³-hybridized carbons (Fsp3) is 0.0909. The van der Waals surface area contributed by atoms with Crippen LogP contribution in [0.1, 0.15) is 44.8 Å². The summed E-state index contributed by atoms with van der Waals surface area (Å²) in [7, 11) is 0. The molecule has 0 aliphatic heterocycles. The third-order valence-corrected chi connectivity index (χ3v) is 4.64. The molecule has 0 spiro atoms. The summed E-state index contributed by atoms with van der Waals surface area (Å²) in [6, 6.07) is 22.6. The Balaban J connectivity index is 1.61. The molecule has 0 fully saturated rings. The third-order valence-electron chi connectivity index (χ3n) is 4.64. The highest BCUT2D eigenvalue weighted by Gasteiger charge is 2.27. The topological polar surface area (TPSA) is 46.2 Å². The lowest BCUT2D eigenvalue weighted by atomic mass is 10.0. The number of ketones is 1. The molecule has 0 saturated carbocycles. The summed E-state index contributed by atoms with van der Waals surface area (Å²) in [6.45, 7) is 1.95. The highest BCUT2D eigenvalue weighted by molar-refractivity contribution is 6.22. The van der Waals surface area contributed by atoms with Crippen LogP contribution in [0.15, 0.2) is 72.8 Å². The van der Waals surface area contributed by atoms with E-state index in [2.05, 4.69) is 5.32 Å². The SMILES string of the molecule is CC(NC(=O)c1ccc2c(c1)C(=O)c1ccccc1-2)c1ccccc1. The molecule has 1 aliphatic rings. The predicted molar refractivity (Wildman–Crippen MR) is 97.6 cm³/mol. The van der Waals surface area contributed by atoms with Crippen LogP contribution in [0, 0.1) is 0 Å². The van der Waals surface area contributed by atoms with Gasteiger partial charge in [0, 0.05) is 16.7 Å². The molecular weight excluding hydrogens is 310 g/mol. The van der Waals surface area contributed by atoms with Gasteiger partial charge in [0.2, 0.25) is 0 Å². The summed E-state index contributed by atoms with van der Waals surface area (Å²) >= 11 is 0. The molecule has 4 rings (SSSR count). The molecular formula is C22H17NO2. The monoisotopic (exact) mass is 327 g/mol. The van der Waals surface area contributed by atoms with Crippen molar-refractivity contribution in [3.05, 3.63) is 95.1 Å². The molecule has 25 heavy (non-hydrogen) atoms. The molecule has 0 aromatic heterocycles. The summed E-state index contributed by atoms with van der Waals surface area (Å²) in [5, 5.41) is 2.99. The summed E-state index contributed by atoms with van der Waals surface area (Å²) in [4.78, 5) is 25.2.